The summed E-state index contributed by atoms with van der Waals surface area (Å²) in [5, 5.41) is 11.7. The fourth-order valence-corrected chi connectivity index (χ4v) is 3.04. The van der Waals surface area contributed by atoms with E-state index in [-0.39, 0.29) is 24.0 Å². The molecule has 1 aliphatic heterocycles. The summed E-state index contributed by atoms with van der Waals surface area (Å²) in [6, 6.07) is 8.22. The predicted octanol–water partition coefficient (Wildman–Crippen LogP) is 2.61. The van der Waals surface area contributed by atoms with Gasteiger partial charge in [-0.05, 0) is 36.6 Å². The maximum Gasteiger partial charge on any atom is 0.194 e. The number of hydrogen-bond donors (Lipinski definition) is 1. The molecular weight excluding hydrogens is 455 g/mol. The molecule has 1 aromatic carbocycles. The van der Waals surface area contributed by atoms with E-state index in [1.54, 1.807) is 7.11 Å². The molecule has 7 nitrogen and oxygen atoms in total. The summed E-state index contributed by atoms with van der Waals surface area (Å²) in [6.07, 6.45) is 3.23. The summed E-state index contributed by atoms with van der Waals surface area (Å²) >= 11 is 0. The number of rotatable bonds is 4. The Morgan fingerprint density at radius 1 is 1.33 bits per heavy atom. The predicted molar refractivity (Wildman–Crippen MR) is 119 cm³/mol. The summed E-state index contributed by atoms with van der Waals surface area (Å²) in [7, 11) is 5.48. The molecule has 27 heavy (non-hydrogen) atoms. The Kier molecular flexibility index (Phi) is 7.64. The van der Waals surface area contributed by atoms with E-state index in [1.807, 2.05) is 37.7 Å². The number of ether oxygens (including phenoxy) is 1. The summed E-state index contributed by atoms with van der Waals surface area (Å²) in [4.78, 5) is 6.66. The van der Waals surface area contributed by atoms with Gasteiger partial charge in [0, 0.05) is 27.2 Å². The minimum atomic E-state index is 0. The van der Waals surface area contributed by atoms with Crippen molar-refractivity contribution in [3.05, 3.63) is 47.6 Å². The zero-order valence-electron chi connectivity index (χ0n) is 16.3. The number of hydrogen-bond acceptors (Lipinski definition) is 4. The lowest BCUT2D eigenvalue weighted by Crippen LogP contribution is -2.43. The Morgan fingerprint density at radius 2 is 2.15 bits per heavy atom. The van der Waals surface area contributed by atoms with Gasteiger partial charge in [0.05, 0.1) is 13.7 Å². The third-order valence-corrected chi connectivity index (χ3v) is 4.75. The van der Waals surface area contributed by atoms with Crippen molar-refractivity contribution in [1.82, 2.24) is 25.0 Å². The van der Waals surface area contributed by atoms with E-state index in [2.05, 4.69) is 43.6 Å². The highest BCUT2D eigenvalue weighted by Gasteiger charge is 2.17. The summed E-state index contributed by atoms with van der Waals surface area (Å²) in [5.74, 6) is 3.57. The Hall–Kier alpha value is -2.10. The average molecular weight is 482 g/mol. The first-order chi connectivity index (χ1) is 12.6. The Balaban J connectivity index is 0.00000261. The highest BCUT2D eigenvalue weighted by Crippen LogP contribution is 2.25. The van der Waals surface area contributed by atoms with Crippen LogP contribution in [0.25, 0.3) is 5.57 Å². The highest BCUT2D eigenvalue weighted by molar-refractivity contribution is 14.0. The van der Waals surface area contributed by atoms with Crippen LogP contribution in [0.15, 0.2) is 35.3 Å². The number of halogens is 1. The van der Waals surface area contributed by atoms with Crippen molar-refractivity contribution in [2.75, 3.05) is 27.2 Å². The number of nitrogens with one attached hydrogen (secondary N) is 1. The largest absolute Gasteiger partial charge is 0.497 e. The van der Waals surface area contributed by atoms with Gasteiger partial charge in [0.15, 0.2) is 11.8 Å². The molecule has 0 spiro atoms. The van der Waals surface area contributed by atoms with Crippen LogP contribution in [0.2, 0.25) is 0 Å². The number of aryl methyl sites for hydroxylation is 1. The third-order valence-electron chi connectivity index (χ3n) is 4.75. The third kappa shape index (κ3) is 5.00. The van der Waals surface area contributed by atoms with Crippen LogP contribution < -0.4 is 10.1 Å². The van der Waals surface area contributed by atoms with E-state index < -0.39 is 0 Å². The minimum Gasteiger partial charge on any atom is -0.497 e. The summed E-state index contributed by atoms with van der Waals surface area (Å²) in [6.45, 7) is 4.29. The van der Waals surface area contributed by atoms with Gasteiger partial charge in [0.2, 0.25) is 0 Å². The van der Waals surface area contributed by atoms with Crippen LogP contribution in [0, 0.1) is 6.92 Å². The lowest BCUT2D eigenvalue weighted by atomic mass is 9.99. The number of methoxy groups -OCH3 is 1. The van der Waals surface area contributed by atoms with E-state index in [9.17, 15) is 0 Å². The summed E-state index contributed by atoms with van der Waals surface area (Å²) in [5.41, 5.74) is 2.57. The van der Waals surface area contributed by atoms with Crippen molar-refractivity contribution in [2.24, 2.45) is 12.0 Å². The van der Waals surface area contributed by atoms with Gasteiger partial charge in [-0.2, -0.15) is 0 Å². The number of nitrogens with zero attached hydrogens (tertiary/aromatic N) is 5. The van der Waals surface area contributed by atoms with Gasteiger partial charge in [-0.15, -0.1) is 34.2 Å². The van der Waals surface area contributed by atoms with Gasteiger partial charge in [-0.1, -0.05) is 18.2 Å². The van der Waals surface area contributed by atoms with Crippen LogP contribution in [0.5, 0.6) is 5.75 Å². The minimum absolute atomic E-state index is 0. The summed E-state index contributed by atoms with van der Waals surface area (Å²) < 4.78 is 7.31. The quantitative estimate of drug-likeness (QED) is 0.413. The smallest absolute Gasteiger partial charge is 0.194 e. The molecule has 1 N–H and O–H groups in total. The van der Waals surface area contributed by atoms with Crippen molar-refractivity contribution in [3.63, 3.8) is 0 Å². The van der Waals surface area contributed by atoms with Crippen molar-refractivity contribution >= 4 is 35.5 Å². The molecule has 1 aromatic heterocycles. The molecule has 0 bridgehead atoms. The standard InChI is InChI=1S/C19H26N6O.HI/c1-14-22-23-18(24(14)3)13-21-19(20-2)25-10-8-15(9-11-25)16-6-5-7-17(12-16)26-4;/h5-8,12H,9-11,13H2,1-4H3,(H,20,21);1H. The topological polar surface area (TPSA) is 67.6 Å². The second-order valence-corrected chi connectivity index (χ2v) is 6.28. The lowest BCUT2D eigenvalue weighted by Gasteiger charge is -2.29. The lowest BCUT2D eigenvalue weighted by molar-refractivity contribution is 0.414. The van der Waals surface area contributed by atoms with Crippen LogP contribution in [-0.2, 0) is 13.6 Å². The van der Waals surface area contributed by atoms with E-state index in [0.29, 0.717) is 6.54 Å². The number of aliphatic imine (C=N–C) groups is 1. The molecule has 0 fully saturated rings. The first-order valence-electron chi connectivity index (χ1n) is 8.76. The fourth-order valence-electron chi connectivity index (χ4n) is 3.04. The first-order valence-corrected chi connectivity index (χ1v) is 8.76. The Bertz CT molecular complexity index is 829. The Labute approximate surface area is 177 Å². The van der Waals surface area contributed by atoms with Gasteiger partial charge < -0.3 is 19.5 Å². The second kappa shape index (κ2) is 9.72. The zero-order valence-corrected chi connectivity index (χ0v) is 18.6. The van der Waals surface area contributed by atoms with E-state index in [4.69, 9.17) is 4.74 Å². The van der Waals surface area contributed by atoms with Crippen molar-refractivity contribution in [3.8, 4) is 5.75 Å². The average Bonchev–Trinajstić information content (AvgIpc) is 3.01. The molecular formula is C19H27IN6O. The normalized spacial score (nSPS) is 14.4. The molecule has 0 atom stereocenters. The first kappa shape index (κ1) is 21.2. The maximum atomic E-state index is 5.33. The van der Waals surface area contributed by atoms with Crippen LogP contribution in [-0.4, -0.2) is 52.9 Å². The van der Waals surface area contributed by atoms with E-state index in [0.717, 1.165) is 42.9 Å². The maximum absolute atomic E-state index is 5.33. The highest BCUT2D eigenvalue weighted by atomic mass is 127. The van der Waals surface area contributed by atoms with E-state index >= 15 is 0 Å². The van der Waals surface area contributed by atoms with Gasteiger partial charge in [0.25, 0.3) is 0 Å². The van der Waals surface area contributed by atoms with Crippen molar-refractivity contribution < 1.29 is 4.74 Å². The van der Waals surface area contributed by atoms with Crippen molar-refractivity contribution in [1.29, 1.82) is 0 Å². The van der Waals surface area contributed by atoms with Crippen LogP contribution in [0.4, 0.5) is 0 Å². The van der Waals surface area contributed by atoms with Crippen molar-refractivity contribution in [2.45, 2.75) is 19.9 Å². The number of guanidine groups is 1. The van der Waals surface area contributed by atoms with Gasteiger partial charge in [0.1, 0.15) is 11.6 Å². The van der Waals surface area contributed by atoms with E-state index in [1.165, 1.54) is 11.1 Å². The Morgan fingerprint density at radius 3 is 2.74 bits per heavy atom. The van der Waals surface area contributed by atoms with Gasteiger partial charge in [-0.3, -0.25) is 4.99 Å². The molecule has 3 rings (SSSR count). The van der Waals surface area contributed by atoms with Gasteiger partial charge >= 0.3 is 0 Å². The monoisotopic (exact) mass is 482 g/mol. The molecule has 0 saturated carbocycles. The SMILES string of the molecule is CN=C(NCc1nnc(C)n1C)N1CC=C(c2cccc(OC)c2)CC1.I. The molecule has 8 heteroatoms. The van der Waals surface area contributed by atoms with Crippen LogP contribution in [0.3, 0.4) is 0 Å². The molecule has 2 heterocycles. The van der Waals surface area contributed by atoms with Crippen LogP contribution >= 0.6 is 24.0 Å². The molecule has 0 amide bonds. The molecule has 2 aromatic rings. The number of aromatic nitrogens is 3. The van der Waals surface area contributed by atoms with Gasteiger partial charge in [-0.25, -0.2) is 0 Å². The molecule has 0 saturated heterocycles. The second-order valence-electron chi connectivity index (χ2n) is 6.28. The molecule has 146 valence electrons. The number of benzene rings is 1. The van der Waals surface area contributed by atoms with Crippen LogP contribution in [0.1, 0.15) is 23.6 Å². The zero-order chi connectivity index (χ0) is 18.5. The molecule has 1 aliphatic rings. The molecule has 0 aliphatic carbocycles. The fraction of sp³-hybridized carbons (Fsp3) is 0.421. The molecule has 0 unspecified atom stereocenters. The molecule has 0 radical (unpaired) electrons.